The molecule has 2 saturated heterocycles. The average molecular weight is 406 g/mol. The summed E-state index contributed by atoms with van der Waals surface area (Å²) in [6.45, 7) is 9.66. The van der Waals surface area contributed by atoms with Crippen LogP contribution in [0.3, 0.4) is 0 Å². The van der Waals surface area contributed by atoms with Crippen molar-refractivity contribution in [2.75, 3.05) is 39.8 Å². The lowest BCUT2D eigenvalue weighted by Gasteiger charge is -2.37. The Bertz CT molecular complexity index is 543. The smallest absolute Gasteiger partial charge is 0.225 e. The molecular formula is C23H43N5O. The number of likely N-dealkylation sites (tertiary alicyclic amines) is 2. The molecule has 2 heterocycles. The molecule has 3 rings (SSSR count). The second-order valence-corrected chi connectivity index (χ2v) is 9.74. The van der Waals surface area contributed by atoms with Gasteiger partial charge in [0.05, 0.1) is 0 Å². The number of nitrogens with zero attached hydrogens (tertiary/aromatic N) is 3. The van der Waals surface area contributed by atoms with E-state index in [0.29, 0.717) is 23.9 Å². The SMILES string of the molecule is CN=C(NCC1CCCCN1CC(C)C)NC1CCN(C(=O)C2CCCCC2)C1. The number of carbonyl (C=O) groups is 1. The summed E-state index contributed by atoms with van der Waals surface area (Å²) in [6, 6.07) is 0.907. The van der Waals surface area contributed by atoms with Gasteiger partial charge >= 0.3 is 0 Å². The summed E-state index contributed by atoms with van der Waals surface area (Å²) in [5.74, 6) is 2.26. The maximum atomic E-state index is 12.8. The fourth-order valence-corrected chi connectivity index (χ4v) is 5.29. The highest BCUT2D eigenvalue weighted by Gasteiger charge is 2.32. The maximum absolute atomic E-state index is 12.8. The van der Waals surface area contributed by atoms with Crippen molar-refractivity contribution in [1.29, 1.82) is 0 Å². The van der Waals surface area contributed by atoms with Crippen LogP contribution in [-0.4, -0.2) is 73.5 Å². The first kappa shape index (κ1) is 22.4. The lowest BCUT2D eigenvalue weighted by Crippen LogP contribution is -2.51. The lowest BCUT2D eigenvalue weighted by molar-refractivity contribution is -0.135. The van der Waals surface area contributed by atoms with Crippen molar-refractivity contribution in [1.82, 2.24) is 20.4 Å². The number of piperidine rings is 1. The number of aliphatic imine (C=N–C) groups is 1. The molecule has 2 unspecified atom stereocenters. The molecule has 166 valence electrons. The highest BCUT2D eigenvalue weighted by molar-refractivity contribution is 5.81. The van der Waals surface area contributed by atoms with Crippen LogP contribution in [0.4, 0.5) is 0 Å². The average Bonchev–Trinajstić information content (AvgIpc) is 3.20. The first-order valence-corrected chi connectivity index (χ1v) is 12.1. The summed E-state index contributed by atoms with van der Waals surface area (Å²) in [4.78, 5) is 22.0. The van der Waals surface area contributed by atoms with E-state index in [9.17, 15) is 4.79 Å². The summed E-state index contributed by atoms with van der Waals surface area (Å²) < 4.78 is 0. The molecule has 0 radical (unpaired) electrons. The van der Waals surface area contributed by atoms with Crippen LogP contribution in [0.2, 0.25) is 0 Å². The van der Waals surface area contributed by atoms with E-state index >= 15 is 0 Å². The molecule has 3 aliphatic rings. The van der Waals surface area contributed by atoms with E-state index < -0.39 is 0 Å². The Kier molecular flexibility index (Phi) is 8.64. The second-order valence-electron chi connectivity index (χ2n) is 9.74. The van der Waals surface area contributed by atoms with Crippen molar-refractivity contribution < 1.29 is 4.79 Å². The van der Waals surface area contributed by atoms with Crippen molar-refractivity contribution in [2.24, 2.45) is 16.8 Å². The summed E-state index contributed by atoms with van der Waals surface area (Å²) in [6.07, 6.45) is 10.8. The van der Waals surface area contributed by atoms with Gasteiger partial charge in [0.1, 0.15) is 0 Å². The van der Waals surface area contributed by atoms with Crippen LogP contribution in [-0.2, 0) is 4.79 Å². The van der Waals surface area contributed by atoms with Crippen molar-refractivity contribution in [3.05, 3.63) is 0 Å². The fraction of sp³-hybridized carbons (Fsp3) is 0.913. The number of guanidine groups is 1. The molecule has 0 bridgehead atoms. The predicted octanol–water partition coefficient (Wildman–Crippen LogP) is 2.84. The van der Waals surface area contributed by atoms with Gasteiger partial charge in [0, 0.05) is 51.2 Å². The number of rotatable bonds is 6. The topological polar surface area (TPSA) is 60.0 Å². The number of hydrogen-bond acceptors (Lipinski definition) is 3. The minimum absolute atomic E-state index is 0.276. The molecule has 0 aromatic carbocycles. The molecule has 0 aromatic heterocycles. The van der Waals surface area contributed by atoms with Gasteiger partial charge in [-0.2, -0.15) is 0 Å². The minimum atomic E-state index is 0.276. The van der Waals surface area contributed by atoms with E-state index in [1.54, 1.807) is 0 Å². The Labute approximate surface area is 177 Å². The zero-order valence-electron chi connectivity index (χ0n) is 19.0. The van der Waals surface area contributed by atoms with Gasteiger partial charge in [0.25, 0.3) is 0 Å². The highest BCUT2D eigenvalue weighted by Crippen LogP contribution is 2.26. The van der Waals surface area contributed by atoms with E-state index in [1.807, 2.05) is 7.05 Å². The molecule has 1 aliphatic carbocycles. The zero-order chi connectivity index (χ0) is 20.6. The maximum Gasteiger partial charge on any atom is 0.225 e. The molecule has 29 heavy (non-hydrogen) atoms. The monoisotopic (exact) mass is 405 g/mol. The third-order valence-corrected chi connectivity index (χ3v) is 6.87. The van der Waals surface area contributed by atoms with Crippen molar-refractivity contribution in [3.63, 3.8) is 0 Å². The van der Waals surface area contributed by atoms with Gasteiger partial charge in [-0.05, 0) is 44.6 Å². The number of nitrogens with one attached hydrogen (secondary N) is 2. The van der Waals surface area contributed by atoms with Crippen LogP contribution in [0, 0.1) is 11.8 Å². The largest absolute Gasteiger partial charge is 0.355 e. The molecule has 0 aromatic rings. The van der Waals surface area contributed by atoms with Crippen molar-refractivity contribution in [3.8, 4) is 0 Å². The van der Waals surface area contributed by atoms with E-state index in [1.165, 1.54) is 51.6 Å². The van der Waals surface area contributed by atoms with Gasteiger partial charge in [-0.1, -0.05) is 39.5 Å². The van der Waals surface area contributed by atoms with E-state index in [4.69, 9.17) is 0 Å². The normalized spacial score (nSPS) is 27.4. The molecular weight excluding hydrogens is 362 g/mol. The first-order chi connectivity index (χ1) is 14.1. The van der Waals surface area contributed by atoms with Crippen LogP contribution in [0.5, 0.6) is 0 Å². The first-order valence-electron chi connectivity index (χ1n) is 12.1. The predicted molar refractivity (Wildman–Crippen MR) is 120 cm³/mol. The second kappa shape index (κ2) is 11.2. The Morgan fingerprint density at radius 2 is 1.79 bits per heavy atom. The third kappa shape index (κ3) is 6.59. The van der Waals surface area contributed by atoms with Crippen LogP contribution in [0.25, 0.3) is 0 Å². The van der Waals surface area contributed by atoms with Crippen molar-refractivity contribution in [2.45, 2.75) is 83.7 Å². The summed E-state index contributed by atoms with van der Waals surface area (Å²) >= 11 is 0. The van der Waals surface area contributed by atoms with Crippen LogP contribution >= 0.6 is 0 Å². The Morgan fingerprint density at radius 1 is 1.03 bits per heavy atom. The molecule has 0 spiro atoms. The number of amides is 1. The third-order valence-electron chi connectivity index (χ3n) is 6.87. The van der Waals surface area contributed by atoms with E-state index in [0.717, 1.165) is 44.9 Å². The van der Waals surface area contributed by atoms with Gasteiger partial charge in [-0.3, -0.25) is 14.7 Å². The van der Waals surface area contributed by atoms with Crippen LogP contribution < -0.4 is 10.6 Å². The number of hydrogen-bond donors (Lipinski definition) is 2. The summed E-state index contributed by atoms with van der Waals surface area (Å²) in [7, 11) is 1.85. The Morgan fingerprint density at radius 3 is 2.52 bits per heavy atom. The summed E-state index contributed by atoms with van der Waals surface area (Å²) in [5.41, 5.74) is 0. The van der Waals surface area contributed by atoms with Gasteiger partial charge in [-0.15, -0.1) is 0 Å². The fourth-order valence-electron chi connectivity index (χ4n) is 5.29. The minimum Gasteiger partial charge on any atom is -0.355 e. The van der Waals surface area contributed by atoms with Gasteiger partial charge in [-0.25, -0.2) is 0 Å². The molecule has 1 saturated carbocycles. The van der Waals surface area contributed by atoms with E-state index in [2.05, 4.69) is 39.3 Å². The zero-order valence-corrected chi connectivity index (χ0v) is 19.0. The molecule has 2 N–H and O–H groups in total. The lowest BCUT2D eigenvalue weighted by atomic mass is 9.88. The van der Waals surface area contributed by atoms with Crippen molar-refractivity contribution >= 4 is 11.9 Å². The Balaban J connectivity index is 1.43. The quantitative estimate of drug-likeness (QED) is 0.527. The highest BCUT2D eigenvalue weighted by atomic mass is 16.2. The van der Waals surface area contributed by atoms with Gasteiger partial charge in [0.2, 0.25) is 5.91 Å². The van der Waals surface area contributed by atoms with Gasteiger partial charge < -0.3 is 15.5 Å². The van der Waals surface area contributed by atoms with Crippen LogP contribution in [0.15, 0.2) is 4.99 Å². The van der Waals surface area contributed by atoms with E-state index in [-0.39, 0.29) is 5.92 Å². The van der Waals surface area contributed by atoms with Crippen LogP contribution in [0.1, 0.15) is 71.6 Å². The Hall–Kier alpha value is -1.30. The van der Waals surface area contributed by atoms with Gasteiger partial charge in [0.15, 0.2) is 5.96 Å². The molecule has 2 atom stereocenters. The molecule has 3 fully saturated rings. The molecule has 6 nitrogen and oxygen atoms in total. The number of carbonyl (C=O) groups excluding carboxylic acids is 1. The standard InChI is InChI=1S/C23H43N5O/c1-18(2)16-27-13-8-7-11-21(27)15-25-23(24-3)26-20-12-14-28(17-20)22(29)19-9-5-4-6-10-19/h18-21H,4-17H2,1-3H3,(H2,24,25,26). The molecule has 2 aliphatic heterocycles. The molecule has 1 amide bonds. The molecule has 6 heteroatoms. The summed E-state index contributed by atoms with van der Waals surface area (Å²) in [5, 5.41) is 7.15.